The van der Waals surface area contributed by atoms with Crippen LogP contribution in [0.3, 0.4) is 0 Å². The van der Waals surface area contributed by atoms with E-state index >= 15 is 0 Å². The highest BCUT2D eigenvalue weighted by molar-refractivity contribution is 5.98. The van der Waals surface area contributed by atoms with Gasteiger partial charge in [-0.25, -0.2) is 4.79 Å². The molecule has 21 heavy (non-hydrogen) atoms. The molecule has 2 aromatic heterocycles. The van der Waals surface area contributed by atoms with Crippen molar-refractivity contribution in [1.29, 1.82) is 0 Å². The van der Waals surface area contributed by atoms with E-state index in [9.17, 15) is 9.59 Å². The first kappa shape index (κ1) is 14.4. The fraction of sp³-hybridized carbons (Fsp3) is 0.154. The van der Waals surface area contributed by atoms with Crippen molar-refractivity contribution in [3.05, 3.63) is 47.4 Å². The van der Waals surface area contributed by atoms with Gasteiger partial charge in [-0.2, -0.15) is 4.98 Å². The summed E-state index contributed by atoms with van der Waals surface area (Å²) in [4.78, 5) is 30.4. The Labute approximate surface area is 119 Å². The normalized spacial score (nSPS) is 10.7. The number of hydrogen-bond donors (Lipinski definition) is 2. The van der Waals surface area contributed by atoms with E-state index in [1.165, 1.54) is 24.5 Å². The summed E-state index contributed by atoms with van der Waals surface area (Å²) in [6.07, 6.45) is 5.11. The number of hydrogen-bond acceptors (Lipinski definition) is 6. The smallest absolute Gasteiger partial charge is 0.328 e. The van der Waals surface area contributed by atoms with Crippen LogP contribution in [0.15, 0.2) is 29.1 Å². The van der Waals surface area contributed by atoms with Crippen LogP contribution in [0.5, 0.6) is 0 Å². The second-order valence-corrected chi connectivity index (χ2v) is 4.05. The fourth-order valence-corrected chi connectivity index (χ4v) is 1.58. The predicted octanol–water partition coefficient (Wildman–Crippen LogP) is 0.801. The summed E-state index contributed by atoms with van der Waals surface area (Å²) in [5.74, 6) is -0.719. The van der Waals surface area contributed by atoms with Gasteiger partial charge in [0.2, 0.25) is 5.89 Å². The number of carboxylic acids is 1. The van der Waals surface area contributed by atoms with Crippen LogP contribution in [0, 0.1) is 6.92 Å². The SMILES string of the molecule is Cc1nc(CNC(=O)c2ccncc2/C=C/C(=O)O)no1. The fourth-order valence-electron chi connectivity index (χ4n) is 1.58. The molecule has 1 amide bonds. The molecule has 0 saturated heterocycles. The van der Waals surface area contributed by atoms with Gasteiger partial charge in [0.1, 0.15) is 0 Å². The van der Waals surface area contributed by atoms with Crippen LogP contribution in [0.1, 0.15) is 27.6 Å². The predicted molar refractivity (Wildman–Crippen MR) is 71.1 cm³/mol. The number of pyridine rings is 1. The zero-order valence-corrected chi connectivity index (χ0v) is 11.1. The molecule has 0 unspecified atom stereocenters. The summed E-state index contributed by atoms with van der Waals surface area (Å²) in [5, 5.41) is 14.9. The van der Waals surface area contributed by atoms with Gasteiger partial charge in [-0.05, 0) is 12.1 Å². The zero-order chi connectivity index (χ0) is 15.2. The number of carbonyl (C=O) groups excluding carboxylic acids is 1. The number of carboxylic acid groups (broad SMARTS) is 1. The van der Waals surface area contributed by atoms with Crippen LogP contribution in [0.25, 0.3) is 6.08 Å². The lowest BCUT2D eigenvalue weighted by molar-refractivity contribution is -0.131. The molecule has 0 bridgehead atoms. The van der Waals surface area contributed by atoms with Gasteiger partial charge < -0.3 is 14.9 Å². The van der Waals surface area contributed by atoms with E-state index in [1.54, 1.807) is 6.92 Å². The maximum atomic E-state index is 12.1. The maximum Gasteiger partial charge on any atom is 0.328 e. The molecule has 2 heterocycles. The van der Waals surface area contributed by atoms with Gasteiger partial charge in [0.05, 0.1) is 6.54 Å². The van der Waals surface area contributed by atoms with Gasteiger partial charge in [0.15, 0.2) is 5.82 Å². The first-order chi connectivity index (χ1) is 10.1. The number of aromatic nitrogens is 3. The van der Waals surface area contributed by atoms with Crippen molar-refractivity contribution < 1.29 is 19.2 Å². The zero-order valence-electron chi connectivity index (χ0n) is 11.1. The van der Waals surface area contributed by atoms with Crippen molar-refractivity contribution in [2.75, 3.05) is 0 Å². The summed E-state index contributed by atoms with van der Waals surface area (Å²) in [5.41, 5.74) is 0.712. The molecule has 2 rings (SSSR count). The molecule has 0 saturated carbocycles. The summed E-state index contributed by atoms with van der Waals surface area (Å²) in [6.45, 7) is 1.76. The van der Waals surface area contributed by atoms with Gasteiger partial charge in [-0.15, -0.1) is 0 Å². The first-order valence-electron chi connectivity index (χ1n) is 5.98. The van der Waals surface area contributed by atoms with Crippen molar-refractivity contribution >= 4 is 18.0 Å². The highest BCUT2D eigenvalue weighted by Crippen LogP contribution is 2.09. The van der Waals surface area contributed by atoms with Gasteiger partial charge in [0.25, 0.3) is 5.91 Å². The molecule has 0 aromatic carbocycles. The molecule has 0 radical (unpaired) electrons. The number of nitrogens with zero attached hydrogens (tertiary/aromatic N) is 3. The van der Waals surface area contributed by atoms with Gasteiger partial charge >= 0.3 is 5.97 Å². The van der Waals surface area contributed by atoms with Gasteiger partial charge in [-0.3, -0.25) is 9.78 Å². The molecule has 8 nitrogen and oxygen atoms in total. The number of aliphatic carboxylic acids is 1. The Morgan fingerprint density at radius 2 is 2.29 bits per heavy atom. The molecular weight excluding hydrogens is 276 g/mol. The van der Waals surface area contributed by atoms with Crippen molar-refractivity contribution in [1.82, 2.24) is 20.4 Å². The average molecular weight is 288 g/mol. The third-order valence-corrected chi connectivity index (χ3v) is 2.48. The Morgan fingerprint density at radius 3 is 2.95 bits per heavy atom. The minimum Gasteiger partial charge on any atom is -0.478 e. The van der Waals surface area contributed by atoms with E-state index in [1.807, 2.05) is 0 Å². The number of rotatable bonds is 5. The monoisotopic (exact) mass is 288 g/mol. The van der Waals surface area contributed by atoms with Crippen LogP contribution in [-0.4, -0.2) is 32.1 Å². The molecule has 0 aliphatic heterocycles. The molecule has 0 atom stereocenters. The second kappa shape index (κ2) is 6.42. The van der Waals surface area contributed by atoms with Crippen molar-refractivity contribution in [3.63, 3.8) is 0 Å². The lowest BCUT2D eigenvalue weighted by atomic mass is 10.1. The van der Waals surface area contributed by atoms with E-state index in [0.29, 0.717) is 22.8 Å². The van der Waals surface area contributed by atoms with Crippen molar-refractivity contribution in [2.45, 2.75) is 13.5 Å². The summed E-state index contributed by atoms with van der Waals surface area (Å²) in [6, 6.07) is 1.50. The number of amides is 1. The van der Waals surface area contributed by atoms with E-state index in [0.717, 1.165) is 6.08 Å². The molecule has 0 aliphatic rings. The molecule has 0 fully saturated rings. The third kappa shape index (κ3) is 3.96. The summed E-state index contributed by atoms with van der Waals surface area (Å²) in [7, 11) is 0. The van der Waals surface area contributed by atoms with E-state index in [2.05, 4.69) is 20.4 Å². The Bertz CT molecular complexity index is 693. The number of nitrogens with one attached hydrogen (secondary N) is 1. The quantitative estimate of drug-likeness (QED) is 0.781. The van der Waals surface area contributed by atoms with E-state index in [-0.39, 0.29) is 12.5 Å². The highest BCUT2D eigenvalue weighted by Gasteiger charge is 2.11. The van der Waals surface area contributed by atoms with Crippen LogP contribution in [0.4, 0.5) is 0 Å². The summed E-state index contributed by atoms with van der Waals surface area (Å²) >= 11 is 0. The highest BCUT2D eigenvalue weighted by atomic mass is 16.5. The van der Waals surface area contributed by atoms with Gasteiger partial charge in [-0.1, -0.05) is 5.16 Å². The molecule has 108 valence electrons. The minimum absolute atomic E-state index is 0.112. The third-order valence-electron chi connectivity index (χ3n) is 2.48. The Kier molecular flexibility index (Phi) is 4.39. The Hall–Kier alpha value is -3.03. The van der Waals surface area contributed by atoms with E-state index in [4.69, 9.17) is 9.63 Å². The first-order valence-corrected chi connectivity index (χ1v) is 5.98. The molecule has 2 aromatic rings. The average Bonchev–Trinajstić information content (AvgIpc) is 2.88. The van der Waals surface area contributed by atoms with Gasteiger partial charge in [0, 0.05) is 36.5 Å². The van der Waals surface area contributed by atoms with E-state index < -0.39 is 5.97 Å². The molecule has 0 spiro atoms. The Balaban J connectivity index is 2.10. The second-order valence-electron chi connectivity index (χ2n) is 4.05. The largest absolute Gasteiger partial charge is 0.478 e. The maximum absolute atomic E-state index is 12.1. The molecule has 2 N–H and O–H groups in total. The Morgan fingerprint density at radius 1 is 1.48 bits per heavy atom. The summed E-state index contributed by atoms with van der Waals surface area (Å²) < 4.78 is 4.79. The van der Waals surface area contributed by atoms with Crippen LogP contribution in [0.2, 0.25) is 0 Å². The molecular formula is C13H12N4O4. The number of carbonyl (C=O) groups is 2. The molecule has 8 heteroatoms. The van der Waals surface area contributed by atoms with Crippen LogP contribution < -0.4 is 5.32 Å². The lowest BCUT2D eigenvalue weighted by Crippen LogP contribution is -2.24. The number of aryl methyl sites for hydroxylation is 1. The standard InChI is InChI=1S/C13H12N4O4/c1-8-16-11(17-21-8)7-15-13(20)10-4-5-14-6-9(10)2-3-12(18)19/h2-6H,7H2,1H3,(H,15,20)(H,18,19)/b3-2+. The van der Waals surface area contributed by atoms with Crippen LogP contribution >= 0.6 is 0 Å². The minimum atomic E-state index is -1.10. The molecule has 0 aliphatic carbocycles. The topological polar surface area (TPSA) is 118 Å². The lowest BCUT2D eigenvalue weighted by Gasteiger charge is -2.05. The van der Waals surface area contributed by atoms with Crippen LogP contribution in [-0.2, 0) is 11.3 Å². The van der Waals surface area contributed by atoms with Crippen molar-refractivity contribution in [3.8, 4) is 0 Å². The van der Waals surface area contributed by atoms with Crippen molar-refractivity contribution in [2.24, 2.45) is 0 Å².